The van der Waals surface area contributed by atoms with E-state index in [4.69, 9.17) is 17.3 Å². The maximum Gasteiger partial charge on any atom is 0.417 e. The van der Waals surface area contributed by atoms with Crippen molar-refractivity contribution >= 4 is 23.2 Å². The zero-order valence-electron chi connectivity index (χ0n) is 14.4. The van der Waals surface area contributed by atoms with Crippen LogP contribution in [0.2, 0.25) is 5.02 Å². The summed E-state index contributed by atoms with van der Waals surface area (Å²) in [4.78, 5) is 16.3. The van der Waals surface area contributed by atoms with Gasteiger partial charge in [0.05, 0.1) is 10.6 Å². The van der Waals surface area contributed by atoms with Gasteiger partial charge in [-0.15, -0.1) is 0 Å². The standard InChI is InChI=1S/C17H19ClF3N5O/c18-15-2-1-13(9-14(15)17(19,20)21)24-16(27)12(10-23)11-26-7-5-25(4-3-22)6-8-26/h1-2,9,11H,3-8,22H2,(H,24,27)/b12-11-. The molecule has 1 fully saturated rings. The summed E-state index contributed by atoms with van der Waals surface area (Å²) in [6, 6.07) is 4.82. The average molecular weight is 402 g/mol. The topological polar surface area (TPSA) is 85.4 Å². The fourth-order valence-corrected chi connectivity index (χ4v) is 2.86. The number of nitrogens with one attached hydrogen (secondary N) is 1. The van der Waals surface area contributed by atoms with Gasteiger partial charge in [-0.25, -0.2) is 0 Å². The summed E-state index contributed by atoms with van der Waals surface area (Å²) in [5.41, 5.74) is 4.18. The molecule has 0 bridgehead atoms. The second-order valence-corrected chi connectivity index (χ2v) is 6.37. The SMILES string of the molecule is N#C/C(=C/N1CCN(CCN)CC1)C(=O)Nc1ccc(Cl)c(C(F)(F)F)c1. The van der Waals surface area contributed by atoms with E-state index in [1.54, 1.807) is 6.07 Å². The Labute approximate surface area is 160 Å². The second kappa shape index (κ2) is 9.08. The smallest absolute Gasteiger partial charge is 0.374 e. The fraction of sp³-hybridized carbons (Fsp3) is 0.412. The Balaban J connectivity index is 2.07. The molecule has 6 nitrogen and oxygen atoms in total. The number of halogens is 4. The number of anilines is 1. The van der Waals surface area contributed by atoms with Crippen molar-refractivity contribution in [1.82, 2.24) is 9.80 Å². The Bertz CT molecular complexity index is 752. The lowest BCUT2D eigenvalue weighted by Crippen LogP contribution is -2.45. The van der Waals surface area contributed by atoms with Crippen LogP contribution >= 0.6 is 11.6 Å². The molecule has 1 amide bonds. The molecule has 0 atom stereocenters. The molecule has 27 heavy (non-hydrogen) atoms. The third kappa shape index (κ3) is 5.85. The van der Waals surface area contributed by atoms with Gasteiger partial charge in [0.25, 0.3) is 5.91 Å². The maximum atomic E-state index is 12.9. The van der Waals surface area contributed by atoms with Gasteiger partial charge in [-0.05, 0) is 18.2 Å². The van der Waals surface area contributed by atoms with E-state index in [-0.39, 0.29) is 11.3 Å². The van der Waals surface area contributed by atoms with Gasteiger partial charge in [0, 0.05) is 51.2 Å². The quantitative estimate of drug-likeness (QED) is 0.584. The molecule has 1 heterocycles. The summed E-state index contributed by atoms with van der Waals surface area (Å²) < 4.78 is 38.7. The Morgan fingerprint density at radius 1 is 1.33 bits per heavy atom. The van der Waals surface area contributed by atoms with E-state index in [0.29, 0.717) is 19.6 Å². The number of rotatable bonds is 5. The van der Waals surface area contributed by atoms with Crippen LogP contribution in [0.3, 0.4) is 0 Å². The molecule has 0 saturated carbocycles. The summed E-state index contributed by atoms with van der Waals surface area (Å²) >= 11 is 5.56. The van der Waals surface area contributed by atoms with E-state index in [1.807, 2.05) is 4.90 Å². The zero-order chi connectivity index (χ0) is 20.0. The molecule has 1 saturated heterocycles. The Morgan fingerprint density at radius 3 is 2.56 bits per heavy atom. The number of hydrogen-bond acceptors (Lipinski definition) is 5. The monoisotopic (exact) mass is 401 g/mol. The summed E-state index contributed by atoms with van der Waals surface area (Å²) in [5.74, 6) is -0.780. The average Bonchev–Trinajstić information content (AvgIpc) is 2.62. The van der Waals surface area contributed by atoms with Gasteiger partial charge in [-0.3, -0.25) is 9.69 Å². The zero-order valence-corrected chi connectivity index (χ0v) is 15.1. The highest BCUT2D eigenvalue weighted by atomic mass is 35.5. The van der Waals surface area contributed by atoms with Gasteiger partial charge < -0.3 is 16.0 Å². The van der Waals surface area contributed by atoms with Crippen LogP contribution in [-0.2, 0) is 11.0 Å². The summed E-state index contributed by atoms with van der Waals surface area (Å²) in [7, 11) is 0. The number of alkyl halides is 3. The first-order chi connectivity index (χ1) is 12.7. The number of nitrogens with two attached hydrogens (primary N) is 1. The lowest BCUT2D eigenvalue weighted by atomic mass is 10.2. The molecule has 1 aliphatic heterocycles. The van der Waals surface area contributed by atoms with Crippen LogP contribution in [-0.4, -0.2) is 55.0 Å². The highest BCUT2D eigenvalue weighted by Gasteiger charge is 2.33. The van der Waals surface area contributed by atoms with Gasteiger partial charge in [-0.1, -0.05) is 11.6 Å². The van der Waals surface area contributed by atoms with E-state index >= 15 is 0 Å². The van der Waals surface area contributed by atoms with Crippen LogP contribution in [0.5, 0.6) is 0 Å². The lowest BCUT2D eigenvalue weighted by molar-refractivity contribution is -0.137. The van der Waals surface area contributed by atoms with Crippen molar-refractivity contribution in [3.63, 3.8) is 0 Å². The predicted octanol–water partition coefficient (Wildman–Crippen LogP) is 2.28. The first-order valence-corrected chi connectivity index (χ1v) is 8.59. The van der Waals surface area contributed by atoms with Crippen LogP contribution in [0, 0.1) is 11.3 Å². The number of benzene rings is 1. The molecule has 1 aromatic rings. The molecular weight excluding hydrogens is 383 g/mol. The molecule has 1 aliphatic rings. The molecule has 0 aliphatic carbocycles. The normalized spacial score (nSPS) is 16.1. The Kier molecular flexibility index (Phi) is 7.07. The van der Waals surface area contributed by atoms with Crippen molar-refractivity contribution in [2.24, 2.45) is 5.73 Å². The third-order valence-corrected chi connectivity index (χ3v) is 4.39. The van der Waals surface area contributed by atoms with Crippen LogP contribution in [0.1, 0.15) is 5.56 Å². The van der Waals surface area contributed by atoms with Crippen molar-refractivity contribution in [3.05, 3.63) is 40.6 Å². The van der Waals surface area contributed by atoms with Crippen molar-refractivity contribution in [3.8, 4) is 6.07 Å². The molecule has 0 aromatic heterocycles. The first kappa shape index (κ1) is 21.0. The number of hydrogen-bond donors (Lipinski definition) is 2. The number of nitrogens with zero attached hydrogens (tertiary/aromatic N) is 3. The molecule has 0 unspecified atom stereocenters. The minimum absolute atomic E-state index is 0.0920. The molecular formula is C17H19ClF3N5O. The molecule has 2 rings (SSSR count). The Hall–Kier alpha value is -2.28. The first-order valence-electron chi connectivity index (χ1n) is 8.21. The van der Waals surface area contributed by atoms with Gasteiger partial charge in [0.2, 0.25) is 0 Å². The molecule has 3 N–H and O–H groups in total. The minimum Gasteiger partial charge on any atom is -0.374 e. The van der Waals surface area contributed by atoms with Crippen LogP contribution < -0.4 is 11.1 Å². The summed E-state index contributed by atoms with van der Waals surface area (Å²) in [6.45, 7) is 4.08. The number of carbonyl (C=O) groups is 1. The minimum atomic E-state index is -4.64. The maximum absolute atomic E-state index is 12.9. The van der Waals surface area contributed by atoms with Gasteiger partial charge in [0.1, 0.15) is 11.6 Å². The van der Waals surface area contributed by atoms with Crippen molar-refractivity contribution in [1.29, 1.82) is 5.26 Å². The predicted molar refractivity (Wildman–Crippen MR) is 95.8 cm³/mol. The summed E-state index contributed by atoms with van der Waals surface area (Å²) in [6.07, 6.45) is -3.22. The molecule has 146 valence electrons. The van der Waals surface area contributed by atoms with Crippen LogP contribution in [0.4, 0.5) is 18.9 Å². The molecule has 0 spiro atoms. The highest BCUT2D eigenvalue weighted by Crippen LogP contribution is 2.36. The molecule has 1 aromatic carbocycles. The van der Waals surface area contributed by atoms with Gasteiger partial charge in [-0.2, -0.15) is 18.4 Å². The number of piperazine rings is 1. The van der Waals surface area contributed by atoms with E-state index in [2.05, 4.69) is 10.2 Å². The largest absolute Gasteiger partial charge is 0.417 e. The van der Waals surface area contributed by atoms with E-state index in [1.165, 1.54) is 12.3 Å². The molecule has 0 radical (unpaired) electrons. The van der Waals surface area contributed by atoms with E-state index in [9.17, 15) is 23.2 Å². The lowest BCUT2D eigenvalue weighted by Gasteiger charge is -2.33. The number of nitriles is 1. The molecule has 10 heteroatoms. The van der Waals surface area contributed by atoms with Gasteiger partial charge >= 0.3 is 6.18 Å². The van der Waals surface area contributed by atoms with Crippen LogP contribution in [0.25, 0.3) is 0 Å². The van der Waals surface area contributed by atoms with Crippen molar-refractivity contribution in [2.75, 3.05) is 44.6 Å². The van der Waals surface area contributed by atoms with E-state index < -0.39 is 22.7 Å². The second-order valence-electron chi connectivity index (χ2n) is 5.97. The van der Waals surface area contributed by atoms with E-state index in [0.717, 1.165) is 31.8 Å². The fourth-order valence-electron chi connectivity index (χ4n) is 2.64. The highest BCUT2D eigenvalue weighted by molar-refractivity contribution is 6.31. The van der Waals surface area contributed by atoms with Crippen molar-refractivity contribution < 1.29 is 18.0 Å². The van der Waals surface area contributed by atoms with Crippen LogP contribution in [0.15, 0.2) is 30.0 Å². The third-order valence-electron chi connectivity index (χ3n) is 4.06. The van der Waals surface area contributed by atoms with Gasteiger partial charge in [0.15, 0.2) is 0 Å². The number of amides is 1. The van der Waals surface area contributed by atoms with Crippen molar-refractivity contribution in [2.45, 2.75) is 6.18 Å². The summed E-state index contributed by atoms with van der Waals surface area (Å²) in [5, 5.41) is 11.1. The number of carbonyl (C=O) groups excluding carboxylic acids is 1. The Morgan fingerprint density at radius 2 is 2.00 bits per heavy atom.